The van der Waals surface area contributed by atoms with Crippen molar-refractivity contribution in [2.45, 2.75) is 25.1 Å². The maximum Gasteiger partial charge on any atom is 0.319 e. The number of rotatable bonds is 14. The fourth-order valence-electron chi connectivity index (χ4n) is 4.07. The van der Waals surface area contributed by atoms with Gasteiger partial charge in [-0.1, -0.05) is 37.3 Å². The van der Waals surface area contributed by atoms with Crippen LogP contribution in [0.25, 0.3) is 0 Å². The standard InChI is InChI=1S/C23H31NO7S/c1-2-22(32(28,29)30)24(14-16-25,15-17-26)13-6-18-31-21-11-9-20(10-12-21)23(27)19-7-4-3-5-8-19/h3-5,7-12,22,25-26H,2,6,13-18H2,1H3/p+1. The van der Waals surface area contributed by atoms with Crippen molar-refractivity contribution < 1.29 is 37.2 Å². The first-order valence-corrected chi connectivity index (χ1v) is 12.1. The van der Waals surface area contributed by atoms with Gasteiger partial charge in [-0.2, -0.15) is 8.42 Å². The quantitative estimate of drug-likeness (QED) is 0.169. The van der Waals surface area contributed by atoms with E-state index >= 15 is 0 Å². The molecule has 8 nitrogen and oxygen atoms in total. The van der Waals surface area contributed by atoms with E-state index in [2.05, 4.69) is 0 Å². The zero-order valence-corrected chi connectivity index (χ0v) is 19.1. The molecule has 1 atom stereocenters. The molecule has 0 spiro atoms. The Labute approximate surface area is 189 Å². The van der Waals surface area contributed by atoms with Gasteiger partial charge in [0.05, 0.1) is 26.4 Å². The second-order valence-corrected chi connectivity index (χ2v) is 9.21. The SMILES string of the molecule is CCC([N+](CCO)(CCO)CCCOc1ccc(C(=O)c2ccccc2)cc1)S(=O)(=O)O. The average molecular weight is 467 g/mol. The zero-order valence-electron chi connectivity index (χ0n) is 18.3. The van der Waals surface area contributed by atoms with Crippen LogP contribution in [0.2, 0.25) is 0 Å². The third kappa shape index (κ3) is 6.85. The molecule has 1 unspecified atom stereocenters. The number of quaternary nitrogens is 1. The van der Waals surface area contributed by atoms with Crippen LogP contribution in [0.5, 0.6) is 5.75 Å². The Morgan fingerprint density at radius 2 is 1.50 bits per heavy atom. The first-order valence-electron chi connectivity index (χ1n) is 10.6. The van der Waals surface area contributed by atoms with Crippen molar-refractivity contribution in [2.75, 3.05) is 39.5 Å². The lowest BCUT2D eigenvalue weighted by Gasteiger charge is -2.42. The molecule has 0 saturated heterocycles. The predicted octanol–water partition coefficient (Wildman–Crippen LogP) is 2.11. The van der Waals surface area contributed by atoms with Crippen LogP contribution in [0.1, 0.15) is 35.7 Å². The van der Waals surface area contributed by atoms with E-state index in [1.807, 2.05) is 18.2 Å². The molecule has 0 saturated carbocycles. The largest absolute Gasteiger partial charge is 0.493 e. The number of carbonyl (C=O) groups excluding carboxylic acids is 1. The average Bonchev–Trinajstić information content (AvgIpc) is 2.77. The molecule has 2 aromatic rings. The van der Waals surface area contributed by atoms with Crippen molar-refractivity contribution in [1.82, 2.24) is 0 Å². The summed E-state index contributed by atoms with van der Waals surface area (Å²) in [7, 11) is -4.36. The molecule has 2 rings (SSSR count). The van der Waals surface area contributed by atoms with Gasteiger partial charge in [0.1, 0.15) is 18.8 Å². The van der Waals surface area contributed by atoms with Gasteiger partial charge < -0.3 is 19.4 Å². The van der Waals surface area contributed by atoms with Crippen molar-refractivity contribution in [3.8, 4) is 5.75 Å². The van der Waals surface area contributed by atoms with E-state index in [-0.39, 0.29) is 49.6 Å². The van der Waals surface area contributed by atoms with E-state index in [0.29, 0.717) is 29.8 Å². The van der Waals surface area contributed by atoms with Crippen LogP contribution in [0.4, 0.5) is 0 Å². The van der Waals surface area contributed by atoms with Crippen LogP contribution in [-0.4, -0.2) is 78.3 Å². The number of ether oxygens (including phenoxy) is 1. The molecule has 0 bridgehead atoms. The maximum atomic E-state index is 12.5. The summed E-state index contributed by atoms with van der Waals surface area (Å²) in [4.78, 5) is 12.5. The maximum absolute atomic E-state index is 12.5. The lowest BCUT2D eigenvalue weighted by Crippen LogP contribution is -2.61. The first-order chi connectivity index (χ1) is 15.3. The van der Waals surface area contributed by atoms with Crippen LogP contribution in [0, 0.1) is 0 Å². The molecule has 0 aliphatic carbocycles. The number of benzene rings is 2. The first kappa shape index (κ1) is 26.0. The van der Waals surface area contributed by atoms with Crippen molar-refractivity contribution in [2.24, 2.45) is 0 Å². The summed E-state index contributed by atoms with van der Waals surface area (Å²) in [6.07, 6.45) is 0.591. The molecule has 0 radical (unpaired) electrons. The van der Waals surface area contributed by atoms with E-state index in [4.69, 9.17) is 4.74 Å². The highest BCUT2D eigenvalue weighted by Gasteiger charge is 2.42. The third-order valence-electron chi connectivity index (χ3n) is 5.56. The van der Waals surface area contributed by atoms with Crippen molar-refractivity contribution >= 4 is 15.9 Å². The molecule has 0 fully saturated rings. The summed E-state index contributed by atoms with van der Waals surface area (Å²) in [5, 5.41) is 17.9. The van der Waals surface area contributed by atoms with Crippen molar-refractivity contribution in [1.29, 1.82) is 0 Å². The second kappa shape index (κ2) is 12.1. The molecule has 2 aromatic carbocycles. The van der Waals surface area contributed by atoms with Gasteiger partial charge in [0.15, 0.2) is 5.78 Å². The summed E-state index contributed by atoms with van der Waals surface area (Å²) in [5.41, 5.74) is 1.15. The molecule has 0 aliphatic heterocycles. The Hall–Kier alpha value is -2.30. The lowest BCUT2D eigenvalue weighted by molar-refractivity contribution is -0.939. The molecule has 0 heterocycles. The summed E-state index contributed by atoms with van der Waals surface area (Å²) in [6.45, 7) is 1.85. The minimum Gasteiger partial charge on any atom is -0.493 e. The predicted molar refractivity (Wildman–Crippen MR) is 121 cm³/mol. The number of aliphatic hydroxyl groups excluding tert-OH is 2. The monoisotopic (exact) mass is 466 g/mol. The Morgan fingerprint density at radius 1 is 0.938 bits per heavy atom. The molecule has 3 N–H and O–H groups in total. The fraction of sp³-hybridized carbons (Fsp3) is 0.435. The lowest BCUT2D eigenvalue weighted by atomic mass is 10.0. The number of nitrogens with zero attached hydrogens (tertiary/aromatic N) is 1. The van der Waals surface area contributed by atoms with Gasteiger partial charge in [0.2, 0.25) is 5.37 Å². The Balaban J connectivity index is 2.00. The van der Waals surface area contributed by atoms with Gasteiger partial charge in [-0.25, -0.2) is 0 Å². The van der Waals surface area contributed by atoms with Crippen LogP contribution in [0.15, 0.2) is 54.6 Å². The van der Waals surface area contributed by atoms with Crippen LogP contribution in [-0.2, 0) is 10.1 Å². The summed E-state index contributed by atoms with van der Waals surface area (Å²) in [6, 6.07) is 15.8. The van der Waals surface area contributed by atoms with Crippen LogP contribution in [0.3, 0.4) is 0 Å². The fourth-order valence-corrected chi connectivity index (χ4v) is 5.38. The van der Waals surface area contributed by atoms with Gasteiger partial charge >= 0.3 is 10.1 Å². The van der Waals surface area contributed by atoms with E-state index < -0.39 is 15.5 Å². The third-order valence-corrected chi connectivity index (χ3v) is 7.03. The van der Waals surface area contributed by atoms with Crippen LogP contribution >= 0.6 is 0 Å². The number of hydrogen-bond donors (Lipinski definition) is 3. The van der Waals surface area contributed by atoms with E-state index in [1.165, 1.54) is 0 Å². The summed E-state index contributed by atoms with van der Waals surface area (Å²) >= 11 is 0. The summed E-state index contributed by atoms with van der Waals surface area (Å²) < 4.78 is 39.1. The van der Waals surface area contributed by atoms with Crippen molar-refractivity contribution in [3.05, 3.63) is 65.7 Å². The molecule has 9 heteroatoms. The Bertz CT molecular complexity index is 940. The smallest absolute Gasteiger partial charge is 0.319 e. The van der Waals surface area contributed by atoms with Gasteiger partial charge in [-0.05, 0) is 24.3 Å². The van der Waals surface area contributed by atoms with E-state index in [1.54, 1.807) is 43.3 Å². The minimum atomic E-state index is -4.36. The van der Waals surface area contributed by atoms with Crippen molar-refractivity contribution in [3.63, 3.8) is 0 Å². The highest BCUT2D eigenvalue weighted by Crippen LogP contribution is 2.23. The topological polar surface area (TPSA) is 121 Å². The molecular formula is C23H32NO7S+. The molecule has 0 amide bonds. The van der Waals surface area contributed by atoms with Gasteiger partial charge in [0.25, 0.3) is 0 Å². The number of ketones is 1. The number of hydrogen-bond acceptors (Lipinski definition) is 6. The summed E-state index contributed by atoms with van der Waals surface area (Å²) in [5.74, 6) is 0.488. The zero-order chi connectivity index (χ0) is 23.6. The van der Waals surface area contributed by atoms with Gasteiger partial charge in [0, 0.05) is 24.0 Å². The highest BCUT2D eigenvalue weighted by molar-refractivity contribution is 7.86. The highest BCUT2D eigenvalue weighted by atomic mass is 32.2. The van der Waals surface area contributed by atoms with Crippen LogP contribution < -0.4 is 4.74 Å². The molecule has 32 heavy (non-hydrogen) atoms. The molecule has 176 valence electrons. The molecule has 0 aromatic heterocycles. The normalized spacial score (nSPS) is 13.0. The second-order valence-electron chi connectivity index (χ2n) is 7.64. The van der Waals surface area contributed by atoms with Gasteiger partial charge in [-0.15, -0.1) is 0 Å². The Morgan fingerprint density at radius 3 is 2.00 bits per heavy atom. The van der Waals surface area contributed by atoms with E-state index in [9.17, 15) is 28.0 Å². The Kier molecular flexibility index (Phi) is 9.80. The molecular weight excluding hydrogens is 434 g/mol. The number of aliphatic hydroxyl groups is 2. The van der Waals surface area contributed by atoms with E-state index in [0.717, 1.165) is 0 Å². The minimum absolute atomic E-state index is 0.0805. The number of carbonyl (C=O) groups is 1. The van der Waals surface area contributed by atoms with Gasteiger partial charge in [-0.3, -0.25) is 9.35 Å². The molecule has 0 aliphatic rings.